The highest BCUT2D eigenvalue weighted by Gasteiger charge is 2.50. The molecule has 0 spiro atoms. The van der Waals surface area contributed by atoms with Crippen molar-refractivity contribution in [2.45, 2.75) is 55.4 Å². The van der Waals surface area contributed by atoms with E-state index in [0.29, 0.717) is 0 Å². The van der Waals surface area contributed by atoms with E-state index in [1.807, 2.05) is 0 Å². The molecule has 5 aliphatic heterocycles. The number of nitrogens with zero attached hydrogens (tertiary/aromatic N) is 4. The van der Waals surface area contributed by atoms with E-state index >= 15 is 0 Å². The highest BCUT2D eigenvalue weighted by molar-refractivity contribution is 7.83. The van der Waals surface area contributed by atoms with E-state index in [2.05, 4.69) is 73.2 Å². The maximum Gasteiger partial charge on any atom is 0.0538 e. The second kappa shape index (κ2) is 9.19. The molecule has 0 unspecified atom stereocenters. The van der Waals surface area contributed by atoms with Gasteiger partial charge in [0.25, 0.3) is 0 Å². The Morgan fingerprint density at radius 2 is 0.531 bits per heavy atom. The molecule has 0 bridgehead atoms. The van der Waals surface area contributed by atoms with Crippen LogP contribution in [0.4, 0.5) is 0 Å². The molecular weight excluding hydrogens is 468 g/mol. The number of fused-ring (bicyclic) bond motifs is 8. The van der Waals surface area contributed by atoms with Crippen molar-refractivity contribution in [2.75, 3.05) is 50.8 Å². The molecule has 8 heteroatoms. The van der Waals surface area contributed by atoms with Gasteiger partial charge in [-0.3, -0.25) is 0 Å². The molecule has 5 aliphatic rings. The smallest absolute Gasteiger partial charge is 0.0538 e. The van der Waals surface area contributed by atoms with Gasteiger partial charge in [-0.05, 0) is 55.4 Å². The minimum atomic E-state index is -0.273. The van der Waals surface area contributed by atoms with Crippen LogP contribution in [0.5, 0.6) is 0 Å². The molecule has 0 atom stereocenters. The predicted octanol–water partition coefficient (Wildman–Crippen LogP) is 7.86. The molecule has 5 rings (SSSR count). The fourth-order valence-electron chi connectivity index (χ4n) is 5.04. The van der Waals surface area contributed by atoms with E-state index in [0.717, 1.165) is 0 Å². The van der Waals surface area contributed by atoms with Crippen LogP contribution in [0, 0.1) is 0 Å². The molecule has 0 saturated carbocycles. The molecule has 0 N–H and O–H groups in total. The van der Waals surface area contributed by atoms with Gasteiger partial charge in [-0.2, -0.15) is 0 Å². The minimum absolute atomic E-state index is 0.273. The van der Waals surface area contributed by atoms with Gasteiger partial charge in [0.15, 0.2) is 0 Å². The Labute approximate surface area is 201 Å². The van der Waals surface area contributed by atoms with Crippen molar-refractivity contribution in [1.82, 2.24) is 17.8 Å². The van der Waals surface area contributed by atoms with Crippen LogP contribution >= 0.6 is 32.9 Å². The van der Waals surface area contributed by atoms with Gasteiger partial charge in [-0.25, -0.2) is 17.8 Å². The minimum Gasteiger partial charge on any atom is -0.230 e. The number of allylic oxidation sites excluding steroid dienone is 4. The topological polar surface area (TPSA) is 13.0 Å². The first-order chi connectivity index (χ1) is 15.2. The van der Waals surface area contributed by atoms with Gasteiger partial charge < -0.3 is 0 Å². The van der Waals surface area contributed by atoms with E-state index in [9.17, 15) is 0 Å². The normalized spacial score (nSPS) is 36.0. The van der Waals surface area contributed by atoms with Gasteiger partial charge in [0.1, 0.15) is 0 Å². The lowest BCUT2D eigenvalue weighted by molar-refractivity contribution is 0.550. The molecule has 5 heterocycles. The quantitative estimate of drug-likeness (QED) is 0.244. The maximum absolute atomic E-state index is 3.06. The summed E-state index contributed by atoms with van der Waals surface area (Å²) < 4.78 is 12.2. The van der Waals surface area contributed by atoms with Gasteiger partial charge in [0.2, 0.25) is 0 Å². The van der Waals surface area contributed by atoms with E-state index in [4.69, 9.17) is 0 Å². The average molecular weight is 509 g/mol. The van der Waals surface area contributed by atoms with Crippen molar-refractivity contribution in [3.63, 3.8) is 0 Å². The van der Waals surface area contributed by atoms with E-state index < -0.39 is 0 Å². The first-order valence-electron chi connectivity index (χ1n) is 12.0. The summed E-state index contributed by atoms with van der Waals surface area (Å²) in [6.07, 6.45) is 5.17. The number of hydrogen-bond acceptors (Lipinski definition) is 4. The van der Waals surface area contributed by atoms with Crippen molar-refractivity contribution in [1.29, 1.82) is 0 Å². The Kier molecular flexibility index (Phi) is 6.96. The van der Waals surface area contributed by atoms with Gasteiger partial charge in [0, 0.05) is 50.8 Å². The number of hydrogen-bond donors (Lipinski definition) is 0. The molecular formula is C24H40N4P4. The SMILES string of the molecule is CC1=C(C)CP2N(C1)P1CC(C)=C(C)CN1P1CC(C)=C(C)CN1P1CC(C)=C(C)CN21. The summed E-state index contributed by atoms with van der Waals surface area (Å²) in [7, 11) is -1.09. The van der Waals surface area contributed by atoms with Crippen LogP contribution in [0.2, 0.25) is 0 Å². The second-order valence-electron chi connectivity index (χ2n) is 10.5. The average Bonchev–Trinajstić information content (AvgIpc) is 2.74. The lowest BCUT2D eigenvalue weighted by Gasteiger charge is -2.61. The Bertz CT molecular complexity index is 712. The third-order valence-electron chi connectivity index (χ3n) is 8.07. The van der Waals surface area contributed by atoms with Crippen molar-refractivity contribution in [3.05, 3.63) is 44.6 Å². The zero-order chi connectivity index (χ0) is 22.9. The Morgan fingerprint density at radius 3 is 0.719 bits per heavy atom. The second-order valence-corrected chi connectivity index (χ2v) is 19.9. The maximum atomic E-state index is 3.06. The molecule has 0 aromatic carbocycles. The third-order valence-corrected chi connectivity index (χ3v) is 21.5. The van der Waals surface area contributed by atoms with Crippen LogP contribution in [0.3, 0.4) is 0 Å². The molecule has 176 valence electrons. The van der Waals surface area contributed by atoms with Crippen LogP contribution in [0.1, 0.15) is 55.4 Å². The standard InChI is InChI=1S/C24H40N4P4/c1-17-9-25-29(13-21(17)5)26-10-18(2)23(7)15-31(26)28-12-20(4)24(8)16-32(28)27-11-19(3)22(6)14-30(25)27/h9-16H2,1-8H3. The van der Waals surface area contributed by atoms with Crippen LogP contribution < -0.4 is 0 Å². The lowest BCUT2D eigenvalue weighted by atomic mass is 10.2. The summed E-state index contributed by atoms with van der Waals surface area (Å²) in [4.78, 5) is 0. The molecule has 4 nitrogen and oxygen atoms in total. The molecule has 1 saturated heterocycles. The van der Waals surface area contributed by atoms with Gasteiger partial charge >= 0.3 is 0 Å². The molecule has 0 radical (unpaired) electrons. The Balaban J connectivity index is 1.66. The van der Waals surface area contributed by atoms with Gasteiger partial charge in [-0.1, -0.05) is 44.6 Å². The zero-order valence-electron chi connectivity index (χ0n) is 21.2. The van der Waals surface area contributed by atoms with E-state index in [1.54, 1.807) is 44.6 Å². The van der Waals surface area contributed by atoms with Crippen LogP contribution in [-0.2, 0) is 0 Å². The molecule has 0 aromatic rings. The molecule has 1 fully saturated rings. The van der Waals surface area contributed by atoms with Crippen molar-refractivity contribution in [2.24, 2.45) is 0 Å². The summed E-state index contributed by atoms with van der Waals surface area (Å²) in [5.74, 6) is 0. The Morgan fingerprint density at radius 1 is 0.344 bits per heavy atom. The summed E-state index contributed by atoms with van der Waals surface area (Å²) in [6, 6.07) is 0. The predicted molar refractivity (Wildman–Crippen MR) is 147 cm³/mol. The highest BCUT2D eigenvalue weighted by Crippen LogP contribution is 2.80. The third kappa shape index (κ3) is 4.10. The largest absolute Gasteiger partial charge is 0.230 e. The van der Waals surface area contributed by atoms with Crippen molar-refractivity contribution < 1.29 is 0 Å². The summed E-state index contributed by atoms with van der Waals surface area (Å²) >= 11 is 0. The molecule has 0 aromatic heterocycles. The molecule has 0 amide bonds. The van der Waals surface area contributed by atoms with E-state index in [1.165, 1.54) is 50.8 Å². The fraction of sp³-hybridized carbons (Fsp3) is 0.667. The van der Waals surface area contributed by atoms with E-state index in [-0.39, 0.29) is 32.9 Å². The monoisotopic (exact) mass is 508 g/mol. The summed E-state index contributed by atoms with van der Waals surface area (Å²) in [6.45, 7) is 24.1. The van der Waals surface area contributed by atoms with Gasteiger partial charge in [-0.15, -0.1) is 0 Å². The van der Waals surface area contributed by atoms with Crippen LogP contribution in [0.25, 0.3) is 0 Å². The fourth-order valence-corrected chi connectivity index (χ4v) is 21.5. The first-order valence-corrected chi connectivity index (χ1v) is 17.7. The van der Waals surface area contributed by atoms with Crippen LogP contribution in [0.15, 0.2) is 44.6 Å². The molecule has 32 heavy (non-hydrogen) atoms. The zero-order valence-corrected chi connectivity index (χ0v) is 24.8. The van der Waals surface area contributed by atoms with Crippen LogP contribution in [-0.4, -0.2) is 68.6 Å². The number of rotatable bonds is 0. The summed E-state index contributed by atoms with van der Waals surface area (Å²) in [5, 5.41) is 0. The first kappa shape index (κ1) is 24.2. The highest BCUT2D eigenvalue weighted by atomic mass is 31.3. The summed E-state index contributed by atoms with van der Waals surface area (Å²) in [5.41, 5.74) is 13.2. The molecule has 0 aliphatic carbocycles. The lowest BCUT2D eigenvalue weighted by Crippen LogP contribution is -2.44. The Hall–Kier alpha value is 0.520. The van der Waals surface area contributed by atoms with Gasteiger partial charge in [0.05, 0.1) is 32.9 Å². The van der Waals surface area contributed by atoms with Crippen molar-refractivity contribution in [3.8, 4) is 0 Å². The van der Waals surface area contributed by atoms with Crippen molar-refractivity contribution >= 4 is 32.9 Å².